The fraction of sp³-hybridized carbons (Fsp3) is 0.659. The standard InChI is InChI=1S/C41H63Br2N5O14/c1-4-30-7-9-32(10-8-30)46-37(50)31(6-5-11-45-40(44)53)28-33(49)36(29(2)3)47-41(54)62-27-26-61-25-24-60-23-22-59-21-20-58-19-18-57-17-16-56-15-14-55-13-12-48-38(51)34(42)35(43)39(48)52/h7-10,29,31,36H,4-6,11-28H2,1-3H3,(H,46,50)(H,47,54)(H3,44,45,53)/t31-,36+/m1/s1. The third-order valence-corrected chi connectivity index (χ3v) is 11.0. The molecule has 1 aromatic rings. The van der Waals surface area contributed by atoms with Gasteiger partial charge in [-0.2, -0.15) is 0 Å². The lowest BCUT2D eigenvalue weighted by molar-refractivity contribution is -0.138. The molecule has 0 fully saturated rings. The number of alkyl carbamates (subject to hydrolysis) is 1. The first kappa shape index (κ1) is 54.6. The molecule has 0 saturated heterocycles. The van der Waals surface area contributed by atoms with Crippen LogP contribution < -0.4 is 21.7 Å². The second-order valence-electron chi connectivity index (χ2n) is 14.0. The summed E-state index contributed by atoms with van der Waals surface area (Å²) >= 11 is 6.16. The highest BCUT2D eigenvalue weighted by Crippen LogP contribution is 2.29. The summed E-state index contributed by atoms with van der Waals surface area (Å²) in [5, 5.41) is 8.00. The summed E-state index contributed by atoms with van der Waals surface area (Å²) in [6.45, 7) is 10.8. The lowest BCUT2D eigenvalue weighted by Crippen LogP contribution is -2.46. The average molecular weight is 1010 g/mol. The van der Waals surface area contributed by atoms with Crippen molar-refractivity contribution in [2.75, 3.05) is 118 Å². The smallest absolute Gasteiger partial charge is 0.407 e. The minimum absolute atomic E-state index is 0.0385. The Labute approximate surface area is 380 Å². The molecule has 2 atom stereocenters. The molecule has 1 aliphatic heterocycles. The van der Waals surface area contributed by atoms with Crippen molar-refractivity contribution in [2.45, 2.75) is 52.5 Å². The topological polar surface area (TPSA) is 242 Å². The number of rotatable bonds is 36. The van der Waals surface area contributed by atoms with Crippen LogP contribution >= 0.6 is 31.9 Å². The van der Waals surface area contributed by atoms with E-state index in [9.17, 15) is 28.8 Å². The van der Waals surface area contributed by atoms with E-state index in [1.807, 2.05) is 31.2 Å². The van der Waals surface area contributed by atoms with E-state index in [4.69, 9.17) is 43.6 Å². The van der Waals surface area contributed by atoms with Crippen molar-refractivity contribution in [3.05, 3.63) is 38.8 Å². The SMILES string of the molecule is CCc1ccc(NC(=O)[C@H](CCCNC(N)=O)CC(=O)[C@@H](NC(=O)OCCOCCOCCOCCOCCOCCOCCOCCN2C(=O)C(Br)=C(Br)C2=O)C(C)C)cc1. The number of urea groups is 1. The van der Waals surface area contributed by atoms with E-state index in [0.29, 0.717) is 91.2 Å². The number of benzene rings is 1. The summed E-state index contributed by atoms with van der Waals surface area (Å²) in [4.78, 5) is 75.3. The number of primary amides is 1. The summed E-state index contributed by atoms with van der Waals surface area (Å²) in [6, 6.07) is 5.90. The molecular formula is C41H63Br2N5O14. The Morgan fingerprint density at radius 1 is 0.694 bits per heavy atom. The van der Waals surface area contributed by atoms with Crippen molar-refractivity contribution in [1.29, 1.82) is 0 Å². The van der Waals surface area contributed by atoms with Crippen molar-refractivity contribution >= 4 is 73.2 Å². The highest BCUT2D eigenvalue weighted by atomic mass is 79.9. The van der Waals surface area contributed by atoms with Crippen LogP contribution in [-0.4, -0.2) is 159 Å². The van der Waals surface area contributed by atoms with E-state index in [-0.39, 0.29) is 72.5 Å². The predicted molar refractivity (Wildman–Crippen MR) is 235 cm³/mol. The van der Waals surface area contributed by atoms with Gasteiger partial charge in [0.2, 0.25) is 5.91 Å². The van der Waals surface area contributed by atoms with Gasteiger partial charge in [0.25, 0.3) is 11.8 Å². The third-order valence-electron chi connectivity index (χ3n) is 8.97. The highest BCUT2D eigenvalue weighted by Gasteiger charge is 2.35. The lowest BCUT2D eigenvalue weighted by Gasteiger charge is -2.24. The Morgan fingerprint density at radius 3 is 1.58 bits per heavy atom. The molecule has 0 saturated carbocycles. The molecule has 1 heterocycles. The molecule has 21 heteroatoms. The molecule has 0 unspecified atom stereocenters. The quantitative estimate of drug-likeness (QED) is 0.0557. The number of nitrogens with one attached hydrogen (secondary N) is 3. The van der Waals surface area contributed by atoms with Crippen LogP contribution in [0.5, 0.6) is 0 Å². The first-order valence-electron chi connectivity index (χ1n) is 20.7. The number of carbonyl (C=O) groups is 6. The molecule has 19 nitrogen and oxygen atoms in total. The molecule has 2 rings (SSSR count). The Bertz CT molecular complexity index is 1530. The van der Waals surface area contributed by atoms with Gasteiger partial charge in [-0.3, -0.25) is 24.1 Å². The van der Waals surface area contributed by atoms with Crippen LogP contribution in [0.3, 0.4) is 0 Å². The Hall–Kier alpha value is -3.54. The van der Waals surface area contributed by atoms with Crippen LogP contribution in [0.2, 0.25) is 0 Å². The summed E-state index contributed by atoms with van der Waals surface area (Å²) < 4.78 is 43.8. The Kier molecular flexibility index (Phi) is 29.1. The van der Waals surface area contributed by atoms with Gasteiger partial charge in [-0.25, -0.2) is 9.59 Å². The maximum atomic E-state index is 13.4. The van der Waals surface area contributed by atoms with E-state index in [1.54, 1.807) is 13.8 Å². The number of halogens is 2. The number of hydrogen-bond donors (Lipinski definition) is 4. The molecule has 350 valence electrons. The number of amides is 6. The summed E-state index contributed by atoms with van der Waals surface area (Å²) in [6.07, 6.45) is 0.702. The molecular weight excluding hydrogens is 946 g/mol. The number of anilines is 1. The zero-order chi connectivity index (χ0) is 45.5. The van der Waals surface area contributed by atoms with Crippen LogP contribution in [0.15, 0.2) is 33.2 Å². The number of imide groups is 1. The number of aryl methyl sites for hydroxylation is 1. The van der Waals surface area contributed by atoms with E-state index in [1.165, 1.54) is 0 Å². The van der Waals surface area contributed by atoms with Gasteiger partial charge in [0.1, 0.15) is 15.6 Å². The number of carbonyl (C=O) groups excluding carboxylic acids is 6. The van der Waals surface area contributed by atoms with Gasteiger partial charge in [-0.15, -0.1) is 0 Å². The van der Waals surface area contributed by atoms with Gasteiger partial charge in [-0.05, 0) is 74.7 Å². The van der Waals surface area contributed by atoms with E-state index < -0.39 is 35.9 Å². The zero-order valence-corrected chi connectivity index (χ0v) is 39.1. The van der Waals surface area contributed by atoms with Crippen molar-refractivity contribution in [3.8, 4) is 0 Å². The lowest BCUT2D eigenvalue weighted by atomic mass is 9.89. The largest absolute Gasteiger partial charge is 0.447 e. The number of ketones is 1. The number of ether oxygens (including phenoxy) is 8. The summed E-state index contributed by atoms with van der Waals surface area (Å²) in [5.74, 6) is -2.42. The number of Topliss-reactive ketones (excluding diaryl/α,β-unsaturated/α-hetero) is 1. The molecule has 6 amide bonds. The van der Waals surface area contributed by atoms with Crippen molar-refractivity contribution in [3.63, 3.8) is 0 Å². The number of nitrogens with zero attached hydrogens (tertiary/aromatic N) is 1. The van der Waals surface area contributed by atoms with Crippen molar-refractivity contribution < 1.29 is 66.7 Å². The van der Waals surface area contributed by atoms with Gasteiger partial charge in [0, 0.05) is 24.6 Å². The molecule has 5 N–H and O–H groups in total. The Balaban J connectivity index is 1.45. The first-order valence-corrected chi connectivity index (χ1v) is 22.3. The maximum Gasteiger partial charge on any atom is 0.407 e. The van der Waals surface area contributed by atoms with E-state index in [0.717, 1.165) is 16.9 Å². The van der Waals surface area contributed by atoms with Gasteiger partial charge in [-0.1, -0.05) is 32.9 Å². The van der Waals surface area contributed by atoms with E-state index in [2.05, 4.69) is 47.8 Å². The van der Waals surface area contributed by atoms with Gasteiger partial charge >= 0.3 is 12.1 Å². The molecule has 62 heavy (non-hydrogen) atoms. The van der Waals surface area contributed by atoms with Crippen LogP contribution in [0.4, 0.5) is 15.3 Å². The second-order valence-corrected chi connectivity index (χ2v) is 15.6. The third kappa shape index (κ3) is 23.2. The predicted octanol–water partition coefficient (Wildman–Crippen LogP) is 3.45. The molecule has 1 aliphatic rings. The molecule has 0 bridgehead atoms. The number of nitrogens with two attached hydrogens (primary N) is 1. The summed E-state index contributed by atoms with van der Waals surface area (Å²) in [5.41, 5.74) is 6.89. The second kappa shape index (κ2) is 33.0. The van der Waals surface area contributed by atoms with Crippen LogP contribution in [0.1, 0.15) is 45.6 Å². The van der Waals surface area contributed by atoms with Crippen molar-refractivity contribution in [2.24, 2.45) is 17.6 Å². The van der Waals surface area contributed by atoms with Crippen LogP contribution in [0, 0.1) is 11.8 Å². The minimum Gasteiger partial charge on any atom is -0.447 e. The number of hydrogen-bond acceptors (Lipinski definition) is 14. The minimum atomic E-state index is -0.884. The van der Waals surface area contributed by atoms with Gasteiger partial charge < -0.3 is 59.6 Å². The molecule has 1 aromatic carbocycles. The molecule has 0 spiro atoms. The van der Waals surface area contributed by atoms with Gasteiger partial charge in [0.15, 0.2) is 5.78 Å². The van der Waals surface area contributed by atoms with Crippen molar-refractivity contribution in [1.82, 2.24) is 15.5 Å². The monoisotopic (exact) mass is 1010 g/mol. The zero-order valence-electron chi connectivity index (χ0n) is 35.9. The first-order chi connectivity index (χ1) is 29.8. The normalized spacial score (nSPS) is 13.7. The van der Waals surface area contributed by atoms with Crippen LogP contribution in [0.25, 0.3) is 0 Å². The van der Waals surface area contributed by atoms with E-state index >= 15 is 0 Å². The van der Waals surface area contributed by atoms with Gasteiger partial charge in [0.05, 0.1) is 105 Å². The summed E-state index contributed by atoms with van der Waals surface area (Å²) in [7, 11) is 0. The highest BCUT2D eigenvalue weighted by molar-refractivity contribution is 9.14. The fourth-order valence-corrected chi connectivity index (χ4v) is 6.37. The maximum absolute atomic E-state index is 13.4. The van der Waals surface area contributed by atoms with Crippen LogP contribution in [-0.2, 0) is 63.5 Å². The molecule has 0 aromatic heterocycles. The Morgan fingerprint density at radius 2 is 1.15 bits per heavy atom. The fourth-order valence-electron chi connectivity index (χ4n) is 5.60. The molecule has 0 aliphatic carbocycles. The molecule has 0 radical (unpaired) electrons. The average Bonchev–Trinajstić information content (AvgIpc) is 3.43.